The van der Waals surface area contributed by atoms with Crippen molar-refractivity contribution < 1.29 is 33.7 Å². The Kier molecular flexibility index (Phi) is 7.63. The molecule has 1 unspecified atom stereocenters. The van der Waals surface area contributed by atoms with Crippen molar-refractivity contribution in [3.05, 3.63) is 112 Å². The van der Waals surface area contributed by atoms with Gasteiger partial charge in [-0.15, -0.1) is 5.75 Å². The second-order valence-electron chi connectivity index (χ2n) is 13.2. The highest BCUT2D eigenvalue weighted by molar-refractivity contribution is 5.98. The van der Waals surface area contributed by atoms with Crippen molar-refractivity contribution in [3.8, 4) is 17.2 Å². The lowest BCUT2D eigenvalue weighted by atomic mass is 9.77. The summed E-state index contributed by atoms with van der Waals surface area (Å²) in [6.45, 7) is 9.50. The largest absolute Gasteiger partial charge is 0.872 e. The molecule has 7 rings (SSSR count). The lowest BCUT2D eigenvalue weighted by Crippen LogP contribution is -2.43. The molecule has 0 bridgehead atoms. The van der Waals surface area contributed by atoms with Crippen LogP contribution in [0, 0.1) is 13.8 Å². The normalized spacial score (nSPS) is 17.9. The third-order valence-electron chi connectivity index (χ3n) is 9.27. The SMILES string of the molecule is Cc1cc(C)c(C(C)(C)CC(=O)Nc2ccc3c(c2)Oc2cc(NC(=O)N4CCOCC4)ccc2C32OC(=O)c3ccccc32)c([O-])c1. The van der Waals surface area contributed by atoms with Crippen LogP contribution in [0.2, 0.25) is 0 Å². The van der Waals surface area contributed by atoms with E-state index in [2.05, 4.69) is 10.6 Å². The van der Waals surface area contributed by atoms with Crippen molar-refractivity contribution in [2.45, 2.75) is 45.1 Å². The van der Waals surface area contributed by atoms with Crippen LogP contribution < -0.4 is 20.5 Å². The maximum Gasteiger partial charge on any atom is 0.340 e. The van der Waals surface area contributed by atoms with Crippen LogP contribution >= 0.6 is 0 Å². The molecule has 4 aromatic carbocycles. The van der Waals surface area contributed by atoms with Gasteiger partial charge < -0.3 is 34.9 Å². The molecule has 3 aliphatic rings. The Morgan fingerprint density at radius 2 is 1.52 bits per heavy atom. The lowest BCUT2D eigenvalue weighted by Gasteiger charge is -2.37. The summed E-state index contributed by atoms with van der Waals surface area (Å²) in [4.78, 5) is 41.3. The highest BCUT2D eigenvalue weighted by Gasteiger charge is 2.53. The molecule has 48 heavy (non-hydrogen) atoms. The number of hydrogen-bond donors (Lipinski definition) is 2. The number of anilines is 2. The molecule has 0 saturated carbocycles. The molecular weight excluding hydrogens is 610 g/mol. The Hall–Kier alpha value is -5.35. The third kappa shape index (κ3) is 5.32. The molecule has 3 heterocycles. The molecule has 10 heteroatoms. The molecule has 0 radical (unpaired) electrons. The topological polar surface area (TPSA) is 129 Å². The zero-order valence-electron chi connectivity index (χ0n) is 27.3. The van der Waals surface area contributed by atoms with Gasteiger partial charge in [-0.05, 0) is 60.7 Å². The Balaban J connectivity index is 1.22. The number of esters is 1. The molecule has 246 valence electrons. The minimum atomic E-state index is -1.30. The minimum absolute atomic E-state index is 0.0774. The van der Waals surface area contributed by atoms with Crippen LogP contribution in [0.1, 0.15) is 64.0 Å². The van der Waals surface area contributed by atoms with Crippen LogP contribution in [0.5, 0.6) is 17.2 Å². The fraction of sp³-hybridized carbons (Fsp3) is 0.289. The number of hydrogen-bond acceptors (Lipinski definition) is 7. The number of morpholine rings is 1. The number of amides is 3. The van der Waals surface area contributed by atoms with Crippen LogP contribution in [0.4, 0.5) is 16.2 Å². The number of benzene rings is 4. The summed E-state index contributed by atoms with van der Waals surface area (Å²) >= 11 is 0. The molecular formula is C38H36N3O7-. The van der Waals surface area contributed by atoms with E-state index in [1.807, 2.05) is 45.9 Å². The van der Waals surface area contributed by atoms with E-state index < -0.39 is 17.0 Å². The fourth-order valence-corrected chi connectivity index (χ4v) is 7.29. The number of fused-ring (bicyclic) bond motifs is 6. The molecule has 0 aliphatic carbocycles. The standard InChI is InChI=1S/C38H37N3O7/c1-22-17-23(2)34(30(42)18-22)37(3,4)21-33(43)39-24-9-11-28-31(19-24)47-32-20-25(40-36(45)41-13-15-46-16-14-41)10-12-29(32)38(28)27-8-6-5-7-26(27)35(44)48-38/h5-12,17-20,42H,13-16,21H2,1-4H3,(H,39,43)(H,40,45)/p-1. The highest BCUT2D eigenvalue weighted by Crippen LogP contribution is 2.56. The second-order valence-corrected chi connectivity index (χ2v) is 13.2. The number of aryl methyl sites for hydroxylation is 2. The molecule has 1 atom stereocenters. The zero-order valence-corrected chi connectivity index (χ0v) is 27.3. The first-order valence-corrected chi connectivity index (χ1v) is 16.0. The summed E-state index contributed by atoms with van der Waals surface area (Å²) in [5, 5.41) is 18.8. The molecule has 0 aromatic heterocycles. The molecule has 1 saturated heterocycles. The summed E-state index contributed by atoms with van der Waals surface area (Å²) in [5.41, 5.74) is 3.67. The molecule has 2 N–H and O–H groups in total. The van der Waals surface area contributed by atoms with Gasteiger partial charge in [0.05, 0.1) is 18.8 Å². The van der Waals surface area contributed by atoms with E-state index in [4.69, 9.17) is 14.2 Å². The van der Waals surface area contributed by atoms with Gasteiger partial charge in [0.1, 0.15) is 11.5 Å². The maximum absolute atomic E-state index is 13.4. The Morgan fingerprint density at radius 3 is 2.19 bits per heavy atom. The quantitative estimate of drug-likeness (QED) is 0.250. The molecule has 1 spiro atoms. The smallest absolute Gasteiger partial charge is 0.340 e. The first-order chi connectivity index (χ1) is 23.0. The van der Waals surface area contributed by atoms with Crippen molar-refractivity contribution in [1.82, 2.24) is 4.90 Å². The first kappa shape index (κ1) is 31.3. The molecule has 1 fully saturated rings. The van der Waals surface area contributed by atoms with Gasteiger partial charge in [0.15, 0.2) is 5.60 Å². The number of ether oxygens (including phenoxy) is 3. The predicted octanol–water partition coefficient (Wildman–Crippen LogP) is 6.12. The van der Waals surface area contributed by atoms with Gasteiger partial charge in [-0.25, -0.2) is 9.59 Å². The van der Waals surface area contributed by atoms with Crippen LogP contribution in [0.15, 0.2) is 72.8 Å². The van der Waals surface area contributed by atoms with Gasteiger partial charge in [0, 0.05) is 59.7 Å². The molecule has 3 amide bonds. The summed E-state index contributed by atoms with van der Waals surface area (Å²) in [6.07, 6.45) is 0.0774. The Bertz CT molecular complexity index is 1960. The monoisotopic (exact) mass is 646 g/mol. The van der Waals surface area contributed by atoms with E-state index in [1.54, 1.807) is 59.5 Å². The highest BCUT2D eigenvalue weighted by atomic mass is 16.6. The van der Waals surface area contributed by atoms with E-state index in [1.165, 1.54) is 0 Å². The number of carbonyl (C=O) groups excluding carboxylic acids is 3. The first-order valence-electron chi connectivity index (χ1n) is 16.0. The Morgan fingerprint density at radius 1 is 0.875 bits per heavy atom. The van der Waals surface area contributed by atoms with Gasteiger partial charge >= 0.3 is 12.0 Å². The average molecular weight is 647 g/mol. The minimum Gasteiger partial charge on any atom is -0.872 e. The molecule has 3 aliphatic heterocycles. The van der Waals surface area contributed by atoms with E-state index in [0.29, 0.717) is 77.0 Å². The average Bonchev–Trinajstić information content (AvgIpc) is 3.32. The van der Waals surface area contributed by atoms with E-state index >= 15 is 0 Å². The second kappa shape index (κ2) is 11.7. The van der Waals surface area contributed by atoms with E-state index in [0.717, 1.165) is 11.1 Å². The van der Waals surface area contributed by atoms with Gasteiger partial charge in [-0.1, -0.05) is 49.7 Å². The lowest BCUT2D eigenvalue weighted by molar-refractivity contribution is -0.270. The van der Waals surface area contributed by atoms with E-state index in [-0.39, 0.29) is 24.1 Å². The summed E-state index contributed by atoms with van der Waals surface area (Å²) in [7, 11) is 0. The number of urea groups is 1. The molecule has 4 aromatic rings. The van der Waals surface area contributed by atoms with Crippen LogP contribution in [0.3, 0.4) is 0 Å². The van der Waals surface area contributed by atoms with Crippen LogP contribution in [-0.4, -0.2) is 49.1 Å². The van der Waals surface area contributed by atoms with Gasteiger partial charge in [0.2, 0.25) is 5.91 Å². The summed E-state index contributed by atoms with van der Waals surface area (Å²) in [5.74, 6) is -0.0247. The van der Waals surface area contributed by atoms with Gasteiger partial charge in [-0.3, -0.25) is 4.79 Å². The maximum atomic E-state index is 13.4. The van der Waals surface area contributed by atoms with Crippen LogP contribution in [-0.2, 0) is 25.3 Å². The number of carbonyl (C=O) groups is 3. The van der Waals surface area contributed by atoms with Crippen molar-refractivity contribution in [2.24, 2.45) is 0 Å². The number of nitrogens with one attached hydrogen (secondary N) is 2. The van der Waals surface area contributed by atoms with Crippen molar-refractivity contribution in [2.75, 3.05) is 36.9 Å². The van der Waals surface area contributed by atoms with Gasteiger partial charge in [-0.2, -0.15) is 0 Å². The van der Waals surface area contributed by atoms with Gasteiger partial charge in [0.25, 0.3) is 0 Å². The van der Waals surface area contributed by atoms with E-state index in [9.17, 15) is 19.5 Å². The fourth-order valence-electron chi connectivity index (χ4n) is 7.29. The Labute approximate surface area is 278 Å². The van der Waals surface area contributed by atoms with Crippen molar-refractivity contribution in [1.29, 1.82) is 0 Å². The number of rotatable bonds is 5. The molecule has 10 nitrogen and oxygen atoms in total. The zero-order chi connectivity index (χ0) is 33.8. The van der Waals surface area contributed by atoms with Crippen molar-refractivity contribution in [3.63, 3.8) is 0 Å². The van der Waals surface area contributed by atoms with Crippen molar-refractivity contribution >= 4 is 29.3 Å². The summed E-state index contributed by atoms with van der Waals surface area (Å²) < 4.78 is 18.1. The van der Waals surface area contributed by atoms with Crippen LogP contribution in [0.25, 0.3) is 0 Å². The third-order valence-corrected chi connectivity index (χ3v) is 9.27. The predicted molar refractivity (Wildman–Crippen MR) is 178 cm³/mol. The number of nitrogens with zero attached hydrogens (tertiary/aromatic N) is 1. The summed E-state index contributed by atoms with van der Waals surface area (Å²) in [6, 6.07) is 21.1.